The minimum Gasteiger partial charge on any atom is -0.481 e. The monoisotopic (exact) mass is 482 g/mol. The molecule has 0 heterocycles. The maximum absolute atomic E-state index is 12.0. The molecule has 0 saturated heterocycles. The number of carbonyl (C=O) groups is 6. The van der Waals surface area contributed by atoms with Gasteiger partial charge in [0.2, 0.25) is 12.1 Å². The summed E-state index contributed by atoms with van der Waals surface area (Å²) in [6, 6.07) is 6.16. The predicted octanol–water partition coefficient (Wildman–Crippen LogP) is -0.163. The van der Waals surface area contributed by atoms with Gasteiger partial charge in [0.15, 0.2) is 0 Å². The first-order valence-electron chi connectivity index (χ1n) is 10.1. The molecule has 1 aromatic rings. The van der Waals surface area contributed by atoms with Gasteiger partial charge in [0.05, 0.1) is 0 Å². The third-order valence-electron chi connectivity index (χ3n) is 4.14. The van der Waals surface area contributed by atoms with E-state index in [9.17, 15) is 28.8 Å². The van der Waals surface area contributed by atoms with Crippen LogP contribution >= 0.6 is 0 Å². The van der Waals surface area contributed by atoms with Gasteiger partial charge in [-0.3, -0.25) is 9.59 Å². The van der Waals surface area contributed by atoms with E-state index in [2.05, 4.69) is 5.32 Å². The highest BCUT2D eigenvalue weighted by Crippen LogP contribution is 2.01. The number of alkyl carbamates (subject to hydrolysis) is 1. The number of amides is 4. The Labute approximate surface area is 193 Å². The second kappa shape index (κ2) is 14.7. The Morgan fingerprint density at radius 2 is 1.53 bits per heavy atom. The van der Waals surface area contributed by atoms with Gasteiger partial charge >= 0.3 is 30.0 Å². The van der Waals surface area contributed by atoms with Gasteiger partial charge in [0.1, 0.15) is 12.6 Å². The van der Waals surface area contributed by atoms with E-state index in [1.807, 2.05) is 22.0 Å². The second-order valence-electron chi connectivity index (χ2n) is 6.87. The number of hydrogen-bond acceptors (Lipinski definition) is 7. The van der Waals surface area contributed by atoms with Crippen molar-refractivity contribution in [2.45, 2.75) is 44.5 Å². The zero-order valence-corrected chi connectivity index (χ0v) is 18.0. The van der Waals surface area contributed by atoms with Crippen molar-refractivity contribution in [3.8, 4) is 0 Å². The fraction of sp³-hybridized carbons (Fsp3) is 0.400. The molecule has 0 bridgehead atoms. The van der Waals surface area contributed by atoms with Crippen LogP contribution < -0.4 is 21.3 Å². The van der Waals surface area contributed by atoms with Crippen molar-refractivity contribution in [2.24, 2.45) is 0 Å². The topological polar surface area (TPSA) is 220 Å². The smallest absolute Gasteiger partial charge is 0.407 e. The number of urea groups is 1. The number of nitrogens with one attached hydrogen (secondary N) is 4. The van der Waals surface area contributed by atoms with Crippen molar-refractivity contribution >= 4 is 35.9 Å². The Balaban J connectivity index is 2.37. The lowest BCUT2D eigenvalue weighted by molar-refractivity contribution is -0.142. The highest BCUT2D eigenvalue weighted by Gasteiger charge is 2.25. The molecule has 1 rings (SSSR count). The number of aliphatic carboxylic acids is 3. The average Bonchev–Trinajstić information content (AvgIpc) is 2.78. The van der Waals surface area contributed by atoms with Gasteiger partial charge in [-0.1, -0.05) is 30.3 Å². The molecule has 7 N–H and O–H groups in total. The summed E-state index contributed by atoms with van der Waals surface area (Å²) in [6.07, 6.45) is -3.58. The maximum Gasteiger partial charge on any atom is 0.407 e. The Morgan fingerprint density at radius 3 is 2.12 bits per heavy atom. The maximum atomic E-state index is 12.0. The summed E-state index contributed by atoms with van der Waals surface area (Å²) >= 11 is 0. The number of hydrogen-bond donors (Lipinski definition) is 7. The van der Waals surface area contributed by atoms with Gasteiger partial charge in [0, 0.05) is 19.4 Å². The fourth-order valence-electron chi connectivity index (χ4n) is 2.46. The highest BCUT2D eigenvalue weighted by atomic mass is 16.5. The van der Waals surface area contributed by atoms with E-state index in [0.717, 1.165) is 5.56 Å². The Morgan fingerprint density at radius 1 is 0.853 bits per heavy atom. The van der Waals surface area contributed by atoms with Gasteiger partial charge in [-0.05, 0) is 18.4 Å². The molecule has 0 radical (unpaired) electrons. The summed E-state index contributed by atoms with van der Waals surface area (Å²) in [5, 5.41) is 35.1. The van der Waals surface area contributed by atoms with Crippen LogP contribution in [0.1, 0.15) is 31.2 Å². The summed E-state index contributed by atoms with van der Waals surface area (Å²) in [4.78, 5) is 68.4. The van der Waals surface area contributed by atoms with E-state index >= 15 is 0 Å². The van der Waals surface area contributed by atoms with E-state index in [4.69, 9.17) is 20.1 Å². The molecule has 0 aliphatic rings. The predicted molar refractivity (Wildman–Crippen MR) is 113 cm³/mol. The van der Waals surface area contributed by atoms with Crippen LogP contribution in [-0.4, -0.2) is 70.0 Å². The Kier molecular flexibility index (Phi) is 11.9. The molecule has 0 aliphatic carbocycles. The van der Waals surface area contributed by atoms with E-state index in [-0.39, 0.29) is 26.0 Å². The summed E-state index contributed by atoms with van der Waals surface area (Å²) in [7, 11) is 0. The highest BCUT2D eigenvalue weighted by molar-refractivity contribution is 5.89. The molecule has 4 amide bonds. The van der Waals surface area contributed by atoms with Crippen LogP contribution in [0.3, 0.4) is 0 Å². The lowest BCUT2D eigenvalue weighted by Crippen LogP contribution is -2.57. The number of benzene rings is 1. The second-order valence-corrected chi connectivity index (χ2v) is 6.87. The molecule has 2 atom stereocenters. The summed E-state index contributed by atoms with van der Waals surface area (Å²) < 4.78 is 5.00. The van der Waals surface area contributed by atoms with Crippen LogP contribution in [0.4, 0.5) is 9.59 Å². The van der Waals surface area contributed by atoms with Crippen LogP contribution in [0.2, 0.25) is 0 Å². The molecule has 0 aliphatic heterocycles. The average molecular weight is 482 g/mol. The van der Waals surface area contributed by atoms with Crippen LogP contribution in [-0.2, 0) is 30.5 Å². The number of ether oxygens (including phenoxy) is 1. The van der Waals surface area contributed by atoms with Crippen molar-refractivity contribution in [3.63, 3.8) is 0 Å². The SMILES string of the molecule is O=C(O)CC[C@H](NC(=O)N[C@@H](NC(=O)CCCNC(=O)OCc1ccccc1)C(=O)O)C(=O)O. The van der Waals surface area contributed by atoms with Crippen molar-refractivity contribution in [3.05, 3.63) is 35.9 Å². The van der Waals surface area contributed by atoms with Gasteiger partial charge in [-0.15, -0.1) is 0 Å². The molecule has 14 nitrogen and oxygen atoms in total. The molecule has 14 heteroatoms. The van der Waals surface area contributed by atoms with E-state index in [1.54, 1.807) is 24.3 Å². The van der Waals surface area contributed by atoms with Crippen molar-refractivity contribution in [2.75, 3.05) is 6.54 Å². The summed E-state index contributed by atoms with van der Waals surface area (Å²) in [6.45, 7) is 0.136. The fourth-order valence-corrected chi connectivity index (χ4v) is 2.46. The molecule has 34 heavy (non-hydrogen) atoms. The molecular weight excluding hydrogens is 456 g/mol. The van der Waals surface area contributed by atoms with Gasteiger partial charge in [-0.25, -0.2) is 19.2 Å². The zero-order chi connectivity index (χ0) is 25.5. The number of rotatable bonds is 14. The van der Waals surface area contributed by atoms with Crippen molar-refractivity contribution in [1.29, 1.82) is 0 Å². The minimum absolute atomic E-state index is 0.0660. The Hall–Kier alpha value is -4.36. The Bertz CT molecular complexity index is 877. The largest absolute Gasteiger partial charge is 0.481 e. The van der Waals surface area contributed by atoms with E-state index in [1.165, 1.54) is 0 Å². The summed E-state index contributed by atoms with van der Waals surface area (Å²) in [5.41, 5.74) is 0.796. The van der Waals surface area contributed by atoms with Crippen LogP contribution in [0.15, 0.2) is 30.3 Å². The molecule has 0 spiro atoms. The first-order valence-corrected chi connectivity index (χ1v) is 10.1. The first kappa shape index (κ1) is 27.7. The minimum atomic E-state index is -1.87. The third kappa shape index (κ3) is 11.9. The van der Waals surface area contributed by atoms with Crippen LogP contribution in [0.5, 0.6) is 0 Å². The number of carbonyl (C=O) groups excluding carboxylic acids is 3. The van der Waals surface area contributed by atoms with Gasteiger partial charge in [0.25, 0.3) is 0 Å². The number of carboxylic acid groups (broad SMARTS) is 3. The summed E-state index contributed by atoms with van der Waals surface area (Å²) in [5.74, 6) is -5.17. The van der Waals surface area contributed by atoms with Crippen LogP contribution in [0, 0.1) is 0 Å². The zero-order valence-electron chi connectivity index (χ0n) is 18.0. The quantitative estimate of drug-likeness (QED) is 0.137. The van der Waals surface area contributed by atoms with Crippen molar-refractivity contribution < 1.29 is 48.8 Å². The molecular formula is C20H26N4O10. The molecule has 1 aromatic carbocycles. The normalized spacial score (nSPS) is 11.9. The van der Waals surface area contributed by atoms with Crippen molar-refractivity contribution in [1.82, 2.24) is 21.3 Å². The lowest BCUT2D eigenvalue weighted by Gasteiger charge is -2.19. The molecule has 0 unspecified atom stereocenters. The molecule has 0 aromatic heterocycles. The first-order chi connectivity index (χ1) is 16.1. The van der Waals surface area contributed by atoms with E-state index < -0.39 is 61.0 Å². The van der Waals surface area contributed by atoms with E-state index in [0.29, 0.717) is 0 Å². The molecule has 0 saturated carbocycles. The standard InChI is InChI=1S/C20H26N4O10/c25-14(7-4-10-21-20(33)34-11-12-5-2-1-3-6-12)23-16(18(30)31)24-19(32)22-13(17(28)29)8-9-15(26)27/h1-3,5-6,13,16H,4,7-11H2,(H,21,33)(H,23,25)(H,26,27)(H,28,29)(H,30,31)(H2,22,24,32)/t13-,16+/m0/s1. The molecule has 0 fully saturated rings. The van der Waals surface area contributed by atoms with Gasteiger partial charge in [-0.2, -0.15) is 0 Å². The van der Waals surface area contributed by atoms with Gasteiger partial charge < -0.3 is 41.3 Å². The third-order valence-corrected chi connectivity index (χ3v) is 4.14. The number of carboxylic acids is 3. The lowest BCUT2D eigenvalue weighted by atomic mass is 10.1. The van der Waals surface area contributed by atoms with Crippen LogP contribution in [0.25, 0.3) is 0 Å². The molecule has 186 valence electrons.